The first-order valence-corrected chi connectivity index (χ1v) is 12.5. The highest BCUT2D eigenvalue weighted by molar-refractivity contribution is 9.10. The summed E-state index contributed by atoms with van der Waals surface area (Å²) in [6.45, 7) is 1.50. The van der Waals surface area contributed by atoms with E-state index in [0.717, 1.165) is 21.3 Å². The number of para-hydroxylation sites is 1. The van der Waals surface area contributed by atoms with Gasteiger partial charge < -0.3 is 10.2 Å². The Hall–Kier alpha value is -3.22. The summed E-state index contributed by atoms with van der Waals surface area (Å²) in [5.74, 6) is -1.60. The highest BCUT2D eigenvalue weighted by atomic mass is 79.9. The number of carbonyl (C=O) groups is 3. The van der Waals surface area contributed by atoms with Gasteiger partial charge in [-0.05, 0) is 54.4 Å². The van der Waals surface area contributed by atoms with Crippen molar-refractivity contribution in [3.63, 3.8) is 0 Å². The summed E-state index contributed by atoms with van der Waals surface area (Å²) in [7, 11) is 0. The molecular weight excluding hydrogens is 528 g/mol. The number of halogens is 2. The minimum absolute atomic E-state index is 0.171. The van der Waals surface area contributed by atoms with Gasteiger partial charge in [-0.15, -0.1) is 0 Å². The summed E-state index contributed by atoms with van der Waals surface area (Å²) in [4.78, 5) is 43.6. The Bertz CT molecular complexity index is 1450. The topological polar surface area (TPSA) is 66.5 Å². The van der Waals surface area contributed by atoms with E-state index in [2.05, 4.69) is 21.2 Å². The zero-order chi connectivity index (χ0) is 24.5. The molecule has 6 rings (SSSR count). The molecule has 3 aliphatic heterocycles. The number of fused-ring (bicyclic) bond motifs is 6. The van der Waals surface area contributed by atoms with Crippen LogP contribution in [0.2, 0.25) is 5.02 Å². The highest BCUT2D eigenvalue weighted by Crippen LogP contribution is 2.57. The summed E-state index contributed by atoms with van der Waals surface area (Å²) in [5, 5.41) is 3.59. The molecule has 35 heavy (non-hydrogen) atoms. The summed E-state index contributed by atoms with van der Waals surface area (Å²) < 4.78 is 0.841. The van der Waals surface area contributed by atoms with E-state index in [9.17, 15) is 14.4 Å². The molecule has 0 aliphatic carbocycles. The molecule has 7 heteroatoms. The maximum absolute atomic E-state index is 14.3. The van der Waals surface area contributed by atoms with Crippen molar-refractivity contribution < 1.29 is 14.4 Å². The second-order valence-electron chi connectivity index (χ2n) is 9.19. The minimum Gasteiger partial charge on any atom is -0.352 e. The van der Waals surface area contributed by atoms with Gasteiger partial charge in [-0.1, -0.05) is 70.0 Å². The van der Waals surface area contributed by atoms with Crippen molar-refractivity contribution in [3.8, 4) is 0 Å². The first-order valence-electron chi connectivity index (χ1n) is 11.3. The van der Waals surface area contributed by atoms with E-state index in [1.165, 1.54) is 6.92 Å². The molecule has 0 bridgehead atoms. The van der Waals surface area contributed by atoms with E-state index in [-0.39, 0.29) is 17.5 Å². The summed E-state index contributed by atoms with van der Waals surface area (Å²) in [6, 6.07) is 18.6. The van der Waals surface area contributed by atoms with Crippen molar-refractivity contribution in [2.24, 2.45) is 5.92 Å². The van der Waals surface area contributed by atoms with Crippen LogP contribution in [0.5, 0.6) is 0 Å². The zero-order valence-corrected chi connectivity index (χ0v) is 21.0. The van der Waals surface area contributed by atoms with Crippen LogP contribution in [0.3, 0.4) is 0 Å². The van der Waals surface area contributed by atoms with E-state index in [1.54, 1.807) is 30.3 Å². The zero-order valence-electron chi connectivity index (χ0n) is 18.7. The van der Waals surface area contributed by atoms with Crippen LogP contribution in [0.25, 0.3) is 6.08 Å². The first-order chi connectivity index (χ1) is 16.8. The van der Waals surface area contributed by atoms with E-state index in [0.29, 0.717) is 16.3 Å². The van der Waals surface area contributed by atoms with Crippen molar-refractivity contribution in [2.45, 2.75) is 24.4 Å². The number of benzene rings is 3. The average molecular weight is 548 g/mol. The lowest BCUT2D eigenvalue weighted by Gasteiger charge is -2.37. The molecule has 3 heterocycles. The van der Waals surface area contributed by atoms with Gasteiger partial charge in [-0.25, -0.2) is 0 Å². The van der Waals surface area contributed by atoms with Crippen molar-refractivity contribution in [1.29, 1.82) is 0 Å². The van der Waals surface area contributed by atoms with E-state index < -0.39 is 23.4 Å². The lowest BCUT2D eigenvalue weighted by Crippen LogP contribution is -2.51. The number of nitrogens with zero attached hydrogens (tertiary/aromatic N) is 1. The van der Waals surface area contributed by atoms with Crippen molar-refractivity contribution >= 4 is 62.5 Å². The van der Waals surface area contributed by atoms with Crippen molar-refractivity contribution in [2.75, 3.05) is 10.2 Å². The highest BCUT2D eigenvalue weighted by Gasteiger charge is 2.69. The second kappa shape index (κ2) is 7.90. The molecule has 5 nitrogen and oxygen atoms in total. The van der Waals surface area contributed by atoms with Gasteiger partial charge >= 0.3 is 0 Å². The van der Waals surface area contributed by atoms with Gasteiger partial charge in [-0.2, -0.15) is 0 Å². The van der Waals surface area contributed by atoms with Crippen LogP contribution >= 0.6 is 27.5 Å². The van der Waals surface area contributed by atoms with Crippen LogP contribution in [0.15, 0.2) is 77.3 Å². The van der Waals surface area contributed by atoms with Gasteiger partial charge in [0.1, 0.15) is 5.41 Å². The number of amides is 1. The number of hydrogen-bond donors (Lipinski definition) is 1. The van der Waals surface area contributed by atoms with Crippen molar-refractivity contribution in [3.05, 3.63) is 99.0 Å². The summed E-state index contributed by atoms with van der Waals surface area (Å²) in [5.41, 5.74) is 2.22. The van der Waals surface area contributed by atoms with Crippen LogP contribution in [0, 0.1) is 5.92 Å². The number of rotatable bonds is 3. The van der Waals surface area contributed by atoms with Gasteiger partial charge in [0.2, 0.25) is 5.91 Å². The van der Waals surface area contributed by atoms with Gasteiger partial charge in [0.15, 0.2) is 11.6 Å². The SMILES string of the molecule is CC(=O)[C@@H]1[C@H](C(=O)c2ccc(Br)cc2)[C@]2(C(=O)Nc3ccccc32)[C@@H]2C=Cc3cc(Cl)ccc3N12. The molecule has 1 N–H and O–H groups in total. The Kier molecular flexibility index (Phi) is 5.02. The predicted molar refractivity (Wildman–Crippen MR) is 140 cm³/mol. The van der Waals surface area contributed by atoms with Crippen LogP contribution in [-0.2, 0) is 15.0 Å². The monoisotopic (exact) mass is 546 g/mol. The Morgan fingerprint density at radius 1 is 1.06 bits per heavy atom. The van der Waals surface area contributed by atoms with Crippen LogP contribution < -0.4 is 10.2 Å². The maximum atomic E-state index is 14.3. The number of nitrogens with one attached hydrogen (secondary N) is 1. The molecular formula is C28H20BrClN2O3. The third kappa shape index (κ3) is 3.03. The van der Waals surface area contributed by atoms with E-state index in [1.807, 2.05) is 53.5 Å². The molecule has 1 spiro atoms. The molecule has 174 valence electrons. The predicted octanol–water partition coefficient (Wildman–Crippen LogP) is 5.66. The van der Waals surface area contributed by atoms with Gasteiger partial charge in [0, 0.05) is 26.4 Å². The number of Topliss-reactive ketones (excluding diaryl/α,β-unsaturated/α-hetero) is 2. The molecule has 0 unspecified atom stereocenters. The van der Waals surface area contributed by atoms with Crippen molar-refractivity contribution in [1.82, 2.24) is 0 Å². The number of hydrogen-bond acceptors (Lipinski definition) is 4. The van der Waals surface area contributed by atoms with Gasteiger partial charge in [0.25, 0.3) is 0 Å². The summed E-state index contributed by atoms with van der Waals surface area (Å²) >= 11 is 9.68. The Balaban J connectivity index is 1.65. The summed E-state index contributed by atoms with van der Waals surface area (Å²) in [6.07, 6.45) is 3.87. The molecule has 1 saturated heterocycles. The fraction of sp³-hybridized carbons (Fsp3) is 0.179. The molecule has 3 aromatic rings. The van der Waals surface area contributed by atoms with Crippen LogP contribution in [-0.4, -0.2) is 29.6 Å². The standard InChI is InChI=1S/C28H20BrClN2O3/c1-15(33)25-24(26(34)16-6-9-18(29)10-7-16)28(20-4-2-3-5-21(20)31-27(28)35)23-13-8-17-14-19(30)11-12-22(17)32(23)25/h2-14,23-25H,1H3,(H,31,35)/t23-,24+,25+,28+/m0/s1. The fourth-order valence-corrected chi connectivity index (χ4v) is 6.54. The second-order valence-corrected chi connectivity index (χ2v) is 10.5. The molecule has 0 radical (unpaired) electrons. The van der Waals surface area contributed by atoms with Crippen LogP contribution in [0.1, 0.15) is 28.4 Å². The van der Waals surface area contributed by atoms with E-state index in [4.69, 9.17) is 11.6 Å². The third-order valence-electron chi connectivity index (χ3n) is 7.42. The molecule has 4 atom stereocenters. The maximum Gasteiger partial charge on any atom is 0.238 e. The normalized spacial score (nSPS) is 25.7. The van der Waals surface area contributed by atoms with Crippen LogP contribution in [0.4, 0.5) is 11.4 Å². The Morgan fingerprint density at radius 2 is 1.80 bits per heavy atom. The molecule has 3 aliphatic rings. The fourth-order valence-electron chi connectivity index (χ4n) is 6.10. The largest absolute Gasteiger partial charge is 0.352 e. The molecule has 3 aromatic carbocycles. The molecule has 0 aromatic heterocycles. The average Bonchev–Trinajstić information content (AvgIpc) is 3.32. The number of carbonyl (C=O) groups excluding carboxylic acids is 3. The number of ketones is 2. The number of anilines is 2. The Labute approximate surface area is 215 Å². The van der Waals surface area contributed by atoms with Gasteiger partial charge in [-0.3, -0.25) is 14.4 Å². The lowest BCUT2D eigenvalue weighted by atomic mass is 9.64. The molecule has 0 saturated carbocycles. The molecule has 1 amide bonds. The van der Waals surface area contributed by atoms with Gasteiger partial charge in [0.05, 0.1) is 18.0 Å². The molecule has 1 fully saturated rings. The lowest BCUT2D eigenvalue weighted by molar-refractivity contribution is -0.122. The Morgan fingerprint density at radius 3 is 2.54 bits per heavy atom. The van der Waals surface area contributed by atoms with E-state index >= 15 is 0 Å². The quantitative estimate of drug-likeness (QED) is 0.430. The smallest absolute Gasteiger partial charge is 0.238 e. The first kappa shape index (κ1) is 22.3. The minimum atomic E-state index is -1.27. The third-order valence-corrected chi connectivity index (χ3v) is 8.19.